The fraction of sp³-hybridized carbons (Fsp3) is 0.500. The van der Waals surface area contributed by atoms with E-state index in [1.807, 2.05) is 17.8 Å². The number of aromatic nitrogens is 1. The first-order valence-electron chi connectivity index (χ1n) is 4.21. The monoisotopic (exact) mass is 215 g/mol. The van der Waals surface area contributed by atoms with Crippen LogP contribution in [0, 0.1) is 0 Å². The molecule has 0 bridgehead atoms. The van der Waals surface area contributed by atoms with Crippen LogP contribution >= 0.6 is 23.4 Å². The molecule has 0 aliphatic rings. The van der Waals surface area contributed by atoms with E-state index in [0.717, 1.165) is 16.3 Å². The molecule has 0 saturated heterocycles. The molecule has 0 atom stereocenters. The Morgan fingerprint density at radius 3 is 2.69 bits per heavy atom. The lowest BCUT2D eigenvalue weighted by atomic mass is 10.3. The van der Waals surface area contributed by atoms with Crippen molar-refractivity contribution in [1.29, 1.82) is 0 Å². The summed E-state index contributed by atoms with van der Waals surface area (Å²) < 4.78 is 0.284. The van der Waals surface area contributed by atoms with Gasteiger partial charge in [0.2, 0.25) is 0 Å². The standard InChI is InChI=1S/C10H14ClNS/c1-10(2,3)13-7-8-4-5-12-6-9(8)11/h4-6H,7H2,1-3H3. The minimum absolute atomic E-state index is 0.284. The number of thioether (sulfide) groups is 1. The van der Waals surface area contributed by atoms with Gasteiger partial charge in [-0.05, 0) is 11.6 Å². The van der Waals surface area contributed by atoms with Gasteiger partial charge in [-0.25, -0.2) is 0 Å². The van der Waals surface area contributed by atoms with E-state index >= 15 is 0 Å². The molecule has 0 fully saturated rings. The maximum Gasteiger partial charge on any atom is 0.0629 e. The van der Waals surface area contributed by atoms with Crippen LogP contribution in [0.25, 0.3) is 0 Å². The summed E-state index contributed by atoms with van der Waals surface area (Å²) in [4.78, 5) is 3.95. The van der Waals surface area contributed by atoms with E-state index in [2.05, 4.69) is 25.8 Å². The number of hydrogen-bond acceptors (Lipinski definition) is 2. The lowest BCUT2D eigenvalue weighted by Crippen LogP contribution is -2.07. The number of halogens is 1. The third-order valence-electron chi connectivity index (χ3n) is 1.52. The Morgan fingerprint density at radius 2 is 2.15 bits per heavy atom. The zero-order chi connectivity index (χ0) is 9.90. The third-order valence-corrected chi connectivity index (χ3v) is 3.18. The Balaban J connectivity index is 2.60. The average molecular weight is 216 g/mol. The van der Waals surface area contributed by atoms with Crippen molar-refractivity contribution in [2.75, 3.05) is 0 Å². The van der Waals surface area contributed by atoms with Crippen LogP contribution in [0.3, 0.4) is 0 Å². The first kappa shape index (κ1) is 10.9. The van der Waals surface area contributed by atoms with E-state index in [0.29, 0.717) is 0 Å². The molecule has 1 aromatic heterocycles. The highest BCUT2D eigenvalue weighted by molar-refractivity contribution is 7.99. The molecule has 3 heteroatoms. The Kier molecular flexibility index (Phi) is 3.63. The summed E-state index contributed by atoms with van der Waals surface area (Å²) >= 11 is 7.87. The van der Waals surface area contributed by atoms with Crippen LogP contribution in [0.5, 0.6) is 0 Å². The highest BCUT2D eigenvalue weighted by Gasteiger charge is 2.11. The molecule has 72 valence electrons. The predicted octanol–water partition coefficient (Wildman–Crippen LogP) is 3.77. The van der Waals surface area contributed by atoms with Crippen molar-refractivity contribution in [2.45, 2.75) is 31.3 Å². The zero-order valence-electron chi connectivity index (χ0n) is 8.17. The van der Waals surface area contributed by atoms with Crippen molar-refractivity contribution in [3.63, 3.8) is 0 Å². The molecule has 0 N–H and O–H groups in total. The minimum atomic E-state index is 0.284. The molecule has 0 amide bonds. The molecule has 1 nitrogen and oxygen atoms in total. The minimum Gasteiger partial charge on any atom is -0.263 e. The van der Waals surface area contributed by atoms with Crippen LogP contribution in [-0.4, -0.2) is 9.73 Å². The average Bonchev–Trinajstić information content (AvgIpc) is 2.01. The Labute approximate surface area is 88.9 Å². The van der Waals surface area contributed by atoms with Gasteiger partial charge in [0.25, 0.3) is 0 Å². The van der Waals surface area contributed by atoms with Gasteiger partial charge < -0.3 is 0 Å². The Hall–Kier alpha value is -0.210. The molecule has 0 unspecified atom stereocenters. The maximum atomic E-state index is 5.98. The third kappa shape index (κ3) is 4.01. The first-order chi connectivity index (χ1) is 5.99. The van der Waals surface area contributed by atoms with Crippen LogP contribution in [0.4, 0.5) is 0 Å². The highest BCUT2D eigenvalue weighted by Crippen LogP contribution is 2.29. The summed E-state index contributed by atoms with van der Waals surface area (Å²) in [6.07, 6.45) is 3.48. The van der Waals surface area contributed by atoms with E-state index in [4.69, 9.17) is 11.6 Å². The fourth-order valence-corrected chi connectivity index (χ4v) is 1.92. The van der Waals surface area contributed by atoms with Gasteiger partial charge in [-0.1, -0.05) is 32.4 Å². The summed E-state index contributed by atoms with van der Waals surface area (Å²) in [6.45, 7) is 6.60. The lowest BCUT2D eigenvalue weighted by Gasteiger charge is -2.17. The van der Waals surface area contributed by atoms with E-state index in [9.17, 15) is 0 Å². The summed E-state index contributed by atoms with van der Waals surface area (Å²) in [6, 6.07) is 1.97. The van der Waals surface area contributed by atoms with Crippen molar-refractivity contribution in [3.05, 3.63) is 29.0 Å². The number of rotatable bonds is 2. The summed E-state index contributed by atoms with van der Waals surface area (Å²) in [5, 5.41) is 0.763. The van der Waals surface area contributed by atoms with Gasteiger partial charge in [-0.15, -0.1) is 0 Å². The largest absolute Gasteiger partial charge is 0.263 e. The van der Waals surface area contributed by atoms with Gasteiger partial charge >= 0.3 is 0 Å². The van der Waals surface area contributed by atoms with Gasteiger partial charge in [0.15, 0.2) is 0 Å². The molecule has 13 heavy (non-hydrogen) atoms. The zero-order valence-corrected chi connectivity index (χ0v) is 9.75. The van der Waals surface area contributed by atoms with Crippen molar-refractivity contribution >= 4 is 23.4 Å². The normalized spacial score (nSPS) is 11.7. The Morgan fingerprint density at radius 1 is 1.46 bits per heavy atom. The molecule has 1 heterocycles. The molecule has 0 aromatic carbocycles. The van der Waals surface area contributed by atoms with Crippen molar-refractivity contribution in [2.24, 2.45) is 0 Å². The van der Waals surface area contributed by atoms with Gasteiger partial charge in [0, 0.05) is 22.9 Å². The van der Waals surface area contributed by atoms with Crippen LogP contribution in [0.2, 0.25) is 5.02 Å². The quantitative estimate of drug-likeness (QED) is 0.745. The molecule has 1 aromatic rings. The van der Waals surface area contributed by atoms with E-state index in [-0.39, 0.29) is 4.75 Å². The summed E-state index contributed by atoms with van der Waals surface area (Å²) in [5.74, 6) is 0.949. The van der Waals surface area contributed by atoms with Gasteiger partial charge in [-0.2, -0.15) is 11.8 Å². The van der Waals surface area contributed by atoms with Gasteiger partial charge in [0.05, 0.1) is 5.02 Å². The van der Waals surface area contributed by atoms with Crippen LogP contribution in [0.15, 0.2) is 18.5 Å². The molecule has 0 aliphatic heterocycles. The van der Waals surface area contributed by atoms with Crippen LogP contribution in [-0.2, 0) is 5.75 Å². The predicted molar refractivity (Wildman–Crippen MR) is 60.3 cm³/mol. The smallest absolute Gasteiger partial charge is 0.0629 e. The van der Waals surface area contributed by atoms with E-state index < -0.39 is 0 Å². The maximum absolute atomic E-state index is 5.98. The van der Waals surface area contributed by atoms with Crippen molar-refractivity contribution in [3.8, 4) is 0 Å². The highest BCUT2D eigenvalue weighted by atomic mass is 35.5. The SMILES string of the molecule is CC(C)(C)SCc1ccncc1Cl. The lowest BCUT2D eigenvalue weighted by molar-refractivity contribution is 0.802. The van der Waals surface area contributed by atoms with Crippen molar-refractivity contribution in [1.82, 2.24) is 4.98 Å². The van der Waals surface area contributed by atoms with E-state index in [1.54, 1.807) is 12.4 Å². The number of nitrogens with zero attached hydrogens (tertiary/aromatic N) is 1. The molecule has 0 aliphatic carbocycles. The fourth-order valence-electron chi connectivity index (χ4n) is 0.815. The second kappa shape index (κ2) is 4.34. The topological polar surface area (TPSA) is 12.9 Å². The van der Waals surface area contributed by atoms with Gasteiger partial charge in [0.1, 0.15) is 0 Å². The van der Waals surface area contributed by atoms with Crippen molar-refractivity contribution < 1.29 is 0 Å². The van der Waals surface area contributed by atoms with Gasteiger partial charge in [-0.3, -0.25) is 4.98 Å². The first-order valence-corrected chi connectivity index (χ1v) is 5.58. The van der Waals surface area contributed by atoms with Crippen LogP contribution in [0.1, 0.15) is 26.3 Å². The molecule has 0 saturated carbocycles. The summed E-state index contributed by atoms with van der Waals surface area (Å²) in [5.41, 5.74) is 1.16. The molecule has 1 rings (SSSR count). The Bertz CT molecular complexity index is 280. The second-order valence-electron chi connectivity index (χ2n) is 3.87. The molecular weight excluding hydrogens is 202 g/mol. The molecular formula is C10H14ClNS. The second-order valence-corrected chi connectivity index (χ2v) is 6.08. The molecule has 0 spiro atoms. The number of pyridine rings is 1. The van der Waals surface area contributed by atoms with E-state index in [1.165, 1.54) is 0 Å². The molecule has 0 radical (unpaired) electrons. The van der Waals surface area contributed by atoms with Crippen LogP contribution < -0.4 is 0 Å². The summed E-state index contributed by atoms with van der Waals surface area (Å²) in [7, 11) is 0. The number of hydrogen-bond donors (Lipinski definition) is 0.